The number of aromatic nitrogens is 2. The van der Waals surface area contributed by atoms with Gasteiger partial charge in [-0.05, 0) is 31.0 Å². The highest BCUT2D eigenvalue weighted by molar-refractivity contribution is 9.10. The maximum atomic E-state index is 4.61. The fourth-order valence-electron chi connectivity index (χ4n) is 1.85. The molecule has 0 radical (unpaired) electrons. The molecule has 2 aromatic rings. The maximum Gasteiger partial charge on any atom is 0.141 e. The Bertz CT molecular complexity index is 589. The fourth-order valence-corrected chi connectivity index (χ4v) is 3.21. The standard InChI is InChI=1S/C16H20BrN3S/c1-3-8-18-15-10-13(4-2)19-16(20-15)11-21-14-7-5-6-12(17)9-14/h5-7,9-10H,3-4,8,11H2,1-2H3,(H,18,19,20). The largest absolute Gasteiger partial charge is 0.370 e. The molecule has 0 saturated heterocycles. The molecule has 1 aromatic carbocycles. The number of benzene rings is 1. The zero-order valence-electron chi connectivity index (χ0n) is 12.4. The van der Waals surface area contributed by atoms with Gasteiger partial charge in [0.1, 0.15) is 11.6 Å². The minimum absolute atomic E-state index is 0.783. The van der Waals surface area contributed by atoms with Crippen molar-refractivity contribution in [2.75, 3.05) is 11.9 Å². The van der Waals surface area contributed by atoms with Gasteiger partial charge < -0.3 is 5.32 Å². The number of hydrogen-bond acceptors (Lipinski definition) is 4. The molecule has 0 aliphatic rings. The van der Waals surface area contributed by atoms with Gasteiger partial charge in [0, 0.05) is 27.7 Å². The highest BCUT2D eigenvalue weighted by atomic mass is 79.9. The minimum atomic E-state index is 0.783. The summed E-state index contributed by atoms with van der Waals surface area (Å²) in [6.45, 7) is 5.22. The SMILES string of the molecule is CCCNc1cc(CC)nc(CSc2cccc(Br)c2)n1. The first-order valence-electron chi connectivity index (χ1n) is 7.20. The van der Waals surface area contributed by atoms with E-state index in [0.29, 0.717) is 0 Å². The van der Waals surface area contributed by atoms with E-state index in [1.165, 1.54) is 4.90 Å². The quantitative estimate of drug-likeness (QED) is 0.706. The number of nitrogens with one attached hydrogen (secondary N) is 1. The summed E-state index contributed by atoms with van der Waals surface area (Å²) < 4.78 is 1.10. The average molecular weight is 366 g/mol. The Kier molecular flexibility index (Phi) is 6.51. The van der Waals surface area contributed by atoms with Crippen LogP contribution in [-0.4, -0.2) is 16.5 Å². The van der Waals surface area contributed by atoms with Gasteiger partial charge in [-0.3, -0.25) is 0 Å². The van der Waals surface area contributed by atoms with Crippen LogP contribution in [0.5, 0.6) is 0 Å². The van der Waals surface area contributed by atoms with E-state index in [1.54, 1.807) is 11.8 Å². The summed E-state index contributed by atoms with van der Waals surface area (Å²) in [7, 11) is 0. The molecule has 1 N–H and O–H groups in total. The van der Waals surface area contributed by atoms with Crippen LogP contribution in [-0.2, 0) is 12.2 Å². The van der Waals surface area contributed by atoms with Gasteiger partial charge in [-0.1, -0.05) is 35.8 Å². The zero-order valence-corrected chi connectivity index (χ0v) is 14.8. The van der Waals surface area contributed by atoms with Crippen molar-refractivity contribution in [3.8, 4) is 0 Å². The monoisotopic (exact) mass is 365 g/mol. The van der Waals surface area contributed by atoms with E-state index in [-0.39, 0.29) is 0 Å². The van der Waals surface area contributed by atoms with Crippen molar-refractivity contribution in [1.29, 1.82) is 0 Å². The summed E-state index contributed by atoms with van der Waals surface area (Å²) in [5.74, 6) is 2.61. The summed E-state index contributed by atoms with van der Waals surface area (Å²) in [5, 5.41) is 3.35. The van der Waals surface area contributed by atoms with Crippen molar-refractivity contribution >= 4 is 33.5 Å². The van der Waals surface area contributed by atoms with Crippen LogP contribution in [0.15, 0.2) is 39.7 Å². The Morgan fingerprint density at radius 1 is 1.19 bits per heavy atom. The summed E-state index contributed by atoms with van der Waals surface area (Å²) in [6, 6.07) is 10.3. The molecule has 1 aromatic heterocycles. The highest BCUT2D eigenvalue weighted by Gasteiger charge is 2.05. The molecule has 3 nitrogen and oxygen atoms in total. The van der Waals surface area contributed by atoms with E-state index >= 15 is 0 Å². The second-order valence-corrected chi connectivity index (χ2v) is 6.65. The van der Waals surface area contributed by atoms with Gasteiger partial charge in [0.2, 0.25) is 0 Å². The molecule has 112 valence electrons. The van der Waals surface area contributed by atoms with E-state index in [4.69, 9.17) is 0 Å². The Hall–Kier alpha value is -1.07. The first-order chi connectivity index (χ1) is 10.2. The first-order valence-corrected chi connectivity index (χ1v) is 8.98. The summed E-state index contributed by atoms with van der Waals surface area (Å²) in [6.07, 6.45) is 2.02. The molecule has 0 atom stereocenters. The van der Waals surface area contributed by atoms with E-state index in [1.807, 2.05) is 18.2 Å². The van der Waals surface area contributed by atoms with Crippen molar-refractivity contribution in [3.05, 3.63) is 46.3 Å². The Morgan fingerprint density at radius 2 is 2.05 bits per heavy atom. The smallest absolute Gasteiger partial charge is 0.141 e. The van der Waals surface area contributed by atoms with E-state index < -0.39 is 0 Å². The van der Waals surface area contributed by atoms with Gasteiger partial charge in [0.05, 0.1) is 5.75 Å². The van der Waals surface area contributed by atoms with Crippen molar-refractivity contribution in [1.82, 2.24) is 9.97 Å². The lowest BCUT2D eigenvalue weighted by Gasteiger charge is -2.09. The molecule has 0 aliphatic carbocycles. The van der Waals surface area contributed by atoms with Crippen molar-refractivity contribution in [3.63, 3.8) is 0 Å². The van der Waals surface area contributed by atoms with Crippen LogP contribution >= 0.6 is 27.7 Å². The van der Waals surface area contributed by atoms with Crippen molar-refractivity contribution < 1.29 is 0 Å². The van der Waals surface area contributed by atoms with Gasteiger partial charge in [-0.15, -0.1) is 11.8 Å². The number of nitrogens with zero attached hydrogens (tertiary/aromatic N) is 2. The molecule has 0 saturated carbocycles. The van der Waals surface area contributed by atoms with Gasteiger partial charge in [-0.2, -0.15) is 0 Å². The molecule has 21 heavy (non-hydrogen) atoms. The third kappa shape index (κ3) is 5.32. The topological polar surface area (TPSA) is 37.8 Å². The van der Waals surface area contributed by atoms with Crippen LogP contribution in [0.1, 0.15) is 31.8 Å². The molecule has 0 spiro atoms. The van der Waals surface area contributed by atoms with E-state index in [2.05, 4.69) is 57.2 Å². The number of aryl methyl sites for hydroxylation is 1. The van der Waals surface area contributed by atoms with E-state index in [9.17, 15) is 0 Å². The molecule has 0 aliphatic heterocycles. The van der Waals surface area contributed by atoms with Crippen LogP contribution in [0.2, 0.25) is 0 Å². The lowest BCUT2D eigenvalue weighted by atomic mass is 10.3. The van der Waals surface area contributed by atoms with Gasteiger partial charge in [0.15, 0.2) is 0 Å². The summed E-state index contributed by atoms with van der Waals surface area (Å²) in [5.41, 5.74) is 1.09. The van der Waals surface area contributed by atoms with Crippen LogP contribution in [0.3, 0.4) is 0 Å². The van der Waals surface area contributed by atoms with Crippen LogP contribution in [0, 0.1) is 0 Å². The fraction of sp³-hybridized carbons (Fsp3) is 0.375. The number of rotatable bonds is 7. The number of hydrogen-bond donors (Lipinski definition) is 1. The van der Waals surface area contributed by atoms with Gasteiger partial charge in [-0.25, -0.2) is 9.97 Å². The number of halogens is 1. The minimum Gasteiger partial charge on any atom is -0.370 e. The predicted octanol–water partition coefficient (Wildman–Crippen LogP) is 4.92. The van der Waals surface area contributed by atoms with Crippen LogP contribution < -0.4 is 5.32 Å². The third-order valence-electron chi connectivity index (χ3n) is 2.91. The molecule has 0 fully saturated rings. The lowest BCUT2D eigenvalue weighted by Crippen LogP contribution is -2.06. The Labute approximate surface area is 139 Å². The molecule has 2 rings (SSSR count). The number of thioether (sulfide) groups is 1. The Morgan fingerprint density at radius 3 is 2.76 bits per heavy atom. The lowest BCUT2D eigenvalue weighted by molar-refractivity contribution is 0.916. The average Bonchev–Trinajstić information content (AvgIpc) is 2.51. The normalized spacial score (nSPS) is 10.6. The molecule has 0 bridgehead atoms. The van der Waals surface area contributed by atoms with E-state index in [0.717, 1.165) is 46.9 Å². The third-order valence-corrected chi connectivity index (χ3v) is 4.39. The molecule has 5 heteroatoms. The second-order valence-electron chi connectivity index (χ2n) is 4.69. The van der Waals surface area contributed by atoms with Crippen LogP contribution in [0.25, 0.3) is 0 Å². The summed E-state index contributed by atoms with van der Waals surface area (Å²) in [4.78, 5) is 10.4. The number of anilines is 1. The van der Waals surface area contributed by atoms with Crippen LogP contribution in [0.4, 0.5) is 5.82 Å². The van der Waals surface area contributed by atoms with Gasteiger partial charge >= 0.3 is 0 Å². The first kappa shape index (κ1) is 16.3. The molecule has 0 unspecified atom stereocenters. The van der Waals surface area contributed by atoms with Crippen molar-refractivity contribution in [2.45, 2.75) is 37.3 Å². The molecular formula is C16H20BrN3S. The predicted molar refractivity (Wildman–Crippen MR) is 93.9 cm³/mol. The highest BCUT2D eigenvalue weighted by Crippen LogP contribution is 2.24. The molecule has 0 amide bonds. The molecule has 1 heterocycles. The second kappa shape index (κ2) is 8.39. The maximum absolute atomic E-state index is 4.61. The van der Waals surface area contributed by atoms with Crippen molar-refractivity contribution in [2.24, 2.45) is 0 Å². The van der Waals surface area contributed by atoms with Gasteiger partial charge in [0.25, 0.3) is 0 Å². The molecular weight excluding hydrogens is 346 g/mol. The zero-order chi connectivity index (χ0) is 15.1. The summed E-state index contributed by atoms with van der Waals surface area (Å²) >= 11 is 5.25. The Balaban J connectivity index is 2.07.